The third-order valence-electron chi connectivity index (χ3n) is 4.59. The van der Waals surface area contributed by atoms with Crippen molar-refractivity contribution in [3.05, 3.63) is 81.8 Å². The van der Waals surface area contributed by atoms with E-state index in [0.717, 1.165) is 45.1 Å². The molecule has 4 aromatic rings. The van der Waals surface area contributed by atoms with E-state index in [1.807, 2.05) is 54.9 Å². The van der Waals surface area contributed by atoms with Crippen molar-refractivity contribution < 1.29 is 4.74 Å². The van der Waals surface area contributed by atoms with E-state index in [-0.39, 0.29) is 0 Å². The van der Waals surface area contributed by atoms with Gasteiger partial charge in [-0.2, -0.15) is 0 Å². The predicted octanol–water partition coefficient (Wildman–Crippen LogP) is 5.94. The summed E-state index contributed by atoms with van der Waals surface area (Å²) < 4.78 is 7.54. The van der Waals surface area contributed by atoms with Gasteiger partial charge in [0.2, 0.25) is 0 Å². The van der Waals surface area contributed by atoms with Crippen LogP contribution >= 0.6 is 22.9 Å². The van der Waals surface area contributed by atoms with Gasteiger partial charge in [-0.25, -0.2) is 9.97 Å². The summed E-state index contributed by atoms with van der Waals surface area (Å²) >= 11 is 7.64. The van der Waals surface area contributed by atoms with Crippen LogP contribution in [0.5, 0.6) is 5.75 Å². The van der Waals surface area contributed by atoms with E-state index in [1.165, 1.54) is 10.4 Å². The first kappa shape index (κ1) is 19.5. The maximum absolute atomic E-state index is 5.98. The highest BCUT2D eigenvalue weighted by atomic mass is 35.5. The van der Waals surface area contributed by atoms with Crippen molar-refractivity contribution in [1.29, 1.82) is 0 Å². The Labute approximate surface area is 179 Å². The van der Waals surface area contributed by atoms with Crippen LogP contribution in [0.3, 0.4) is 0 Å². The molecule has 29 heavy (non-hydrogen) atoms. The topological polar surface area (TPSA) is 52.0 Å². The molecular weight excluding hydrogens is 404 g/mol. The lowest BCUT2D eigenvalue weighted by molar-refractivity contribution is 0.413. The normalized spacial score (nSPS) is 10.9. The molecule has 0 aliphatic heterocycles. The van der Waals surface area contributed by atoms with Crippen molar-refractivity contribution in [2.75, 3.05) is 12.4 Å². The van der Waals surface area contributed by atoms with Crippen LogP contribution in [0.4, 0.5) is 10.8 Å². The number of hydrogen-bond acceptors (Lipinski definition) is 5. The summed E-state index contributed by atoms with van der Waals surface area (Å²) in [4.78, 5) is 10.2. The molecule has 0 aliphatic rings. The molecule has 0 bridgehead atoms. The molecule has 4 rings (SSSR count). The van der Waals surface area contributed by atoms with Crippen LogP contribution < -0.4 is 10.1 Å². The number of benzene rings is 2. The van der Waals surface area contributed by atoms with Gasteiger partial charge in [0.15, 0.2) is 5.13 Å². The molecule has 1 N–H and O–H groups in total. The second kappa shape index (κ2) is 8.27. The first-order chi connectivity index (χ1) is 14.0. The number of aryl methyl sites for hydroxylation is 2. The number of nitrogens with zero attached hydrogens (tertiary/aromatic N) is 3. The number of rotatable bonds is 6. The van der Waals surface area contributed by atoms with Crippen LogP contribution in [0.1, 0.15) is 21.8 Å². The van der Waals surface area contributed by atoms with E-state index in [9.17, 15) is 0 Å². The highest BCUT2D eigenvalue weighted by molar-refractivity contribution is 7.15. The Hall–Kier alpha value is -2.83. The summed E-state index contributed by atoms with van der Waals surface area (Å²) in [6, 6.07) is 13.9. The molecular formula is C22H21ClN4OS. The first-order valence-corrected chi connectivity index (χ1v) is 10.4. The molecule has 0 saturated carbocycles. The molecule has 2 heterocycles. The fourth-order valence-corrected chi connectivity index (χ4v) is 4.22. The number of imidazole rings is 1. The van der Waals surface area contributed by atoms with Gasteiger partial charge in [-0.15, -0.1) is 11.3 Å². The molecule has 7 heteroatoms. The van der Waals surface area contributed by atoms with Gasteiger partial charge in [0.25, 0.3) is 0 Å². The Morgan fingerprint density at radius 1 is 1.14 bits per heavy atom. The number of ether oxygens (including phenoxy) is 1. The van der Waals surface area contributed by atoms with Crippen LogP contribution in [0.2, 0.25) is 5.02 Å². The smallest absolute Gasteiger partial charge is 0.187 e. The lowest BCUT2D eigenvalue weighted by Crippen LogP contribution is -1.97. The van der Waals surface area contributed by atoms with Gasteiger partial charge < -0.3 is 14.6 Å². The van der Waals surface area contributed by atoms with Crippen molar-refractivity contribution in [3.63, 3.8) is 0 Å². The Morgan fingerprint density at radius 3 is 2.62 bits per heavy atom. The van der Waals surface area contributed by atoms with Crippen molar-refractivity contribution in [1.82, 2.24) is 14.5 Å². The molecule has 0 amide bonds. The van der Waals surface area contributed by atoms with Crippen molar-refractivity contribution in [3.8, 4) is 11.4 Å². The molecule has 0 radical (unpaired) electrons. The minimum Gasteiger partial charge on any atom is -0.494 e. The third-order valence-corrected chi connectivity index (χ3v) is 5.92. The number of nitrogens with one attached hydrogen (secondary N) is 1. The van der Waals surface area contributed by atoms with Crippen molar-refractivity contribution >= 4 is 33.8 Å². The van der Waals surface area contributed by atoms with E-state index in [4.69, 9.17) is 16.3 Å². The molecule has 0 spiro atoms. The largest absolute Gasteiger partial charge is 0.494 e. The van der Waals surface area contributed by atoms with Gasteiger partial charge in [0, 0.05) is 34.3 Å². The second-order valence-electron chi connectivity index (χ2n) is 6.76. The molecule has 0 atom stereocenters. The zero-order valence-corrected chi connectivity index (χ0v) is 18.0. The lowest BCUT2D eigenvalue weighted by Gasteiger charge is -2.11. The Bertz CT molecular complexity index is 1130. The van der Waals surface area contributed by atoms with Crippen LogP contribution in [0, 0.1) is 13.8 Å². The summed E-state index contributed by atoms with van der Waals surface area (Å²) in [6.07, 6.45) is 4.59. The van der Waals surface area contributed by atoms with E-state index in [0.29, 0.717) is 0 Å². The monoisotopic (exact) mass is 424 g/mol. The molecule has 5 nitrogen and oxygen atoms in total. The van der Waals surface area contributed by atoms with Gasteiger partial charge in [0.05, 0.1) is 30.5 Å². The van der Waals surface area contributed by atoms with Crippen LogP contribution in [0.15, 0.2) is 55.0 Å². The van der Waals surface area contributed by atoms with Gasteiger partial charge in [-0.05, 0) is 43.7 Å². The number of halogens is 1. The zero-order valence-electron chi connectivity index (χ0n) is 16.4. The number of hydrogen-bond donors (Lipinski definition) is 1. The van der Waals surface area contributed by atoms with Crippen LogP contribution in [-0.2, 0) is 6.42 Å². The first-order valence-electron chi connectivity index (χ1n) is 9.18. The quantitative estimate of drug-likeness (QED) is 0.416. The molecule has 2 aromatic heterocycles. The highest BCUT2D eigenvalue weighted by Crippen LogP contribution is 2.31. The summed E-state index contributed by atoms with van der Waals surface area (Å²) in [6.45, 7) is 4.00. The van der Waals surface area contributed by atoms with Gasteiger partial charge in [-0.1, -0.05) is 23.7 Å². The molecule has 0 aliphatic carbocycles. The van der Waals surface area contributed by atoms with E-state index in [1.54, 1.807) is 24.8 Å². The Kier molecular flexibility index (Phi) is 5.56. The van der Waals surface area contributed by atoms with Gasteiger partial charge in [-0.3, -0.25) is 0 Å². The molecule has 0 unspecified atom stereocenters. The molecule has 2 aromatic carbocycles. The van der Waals surface area contributed by atoms with Gasteiger partial charge >= 0.3 is 0 Å². The summed E-state index contributed by atoms with van der Waals surface area (Å²) in [7, 11) is 1.67. The average molecular weight is 425 g/mol. The summed E-state index contributed by atoms with van der Waals surface area (Å²) in [5.74, 6) is 0.766. The van der Waals surface area contributed by atoms with E-state index >= 15 is 0 Å². The van der Waals surface area contributed by atoms with Crippen molar-refractivity contribution in [2.45, 2.75) is 20.3 Å². The zero-order chi connectivity index (χ0) is 20.4. The number of anilines is 2. The maximum Gasteiger partial charge on any atom is 0.187 e. The number of aromatic nitrogens is 3. The summed E-state index contributed by atoms with van der Waals surface area (Å²) in [5.41, 5.74) is 5.08. The third kappa shape index (κ3) is 4.44. The van der Waals surface area contributed by atoms with Crippen LogP contribution in [-0.4, -0.2) is 21.6 Å². The number of thiazole rings is 1. The predicted molar refractivity (Wildman–Crippen MR) is 119 cm³/mol. The number of methoxy groups -OCH3 is 1. The SMILES string of the molecule is COc1cc(Nc2nc(C)c(Cc3ccc(Cl)cc3)s2)ccc1-n1cnc(C)c1. The van der Waals surface area contributed by atoms with Gasteiger partial charge in [0.1, 0.15) is 5.75 Å². The average Bonchev–Trinajstić information content (AvgIpc) is 3.29. The standard InChI is InChI=1S/C22H21ClN4OS/c1-14-12-27(13-24-14)19-9-8-18(11-20(19)28-3)26-22-25-15(2)21(29-22)10-16-4-6-17(23)7-5-16/h4-9,11-13H,10H2,1-3H3,(H,25,26). The maximum atomic E-state index is 5.98. The highest BCUT2D eigenvalue weighted by Gasteiger charge is 2.11. The lowest BCUT2D eigenvalue weighted by atomic mass is 10.1. The van der Waals surface area contributed by atoms with Crippen LogP contribution in [0.25, 0.3) is 5.69 Å². The Morgan fingerprint density at radius 2 is 1.93 bits per heavy atom. The molecule has 0 fully saturated rings. The molecule has 148 valence electrons. The summed E-state index contributed by atoms with van der Waals surface area (Å²) in [5, 5.41) is 5.01. The second-order valence-corrected chi connectivity index (χ2v) is 8.28. The van der Waals surface area contributed by atoms with E-state index in [2.05, 4.69) is 27.4 Å². The minimum absolute atomic E-state index is 0.750. The fourth-order valence-electron chi connectivity index (χ4n) is 3.08. The molecule has 0 saturated heterocycles. The van der Waals surface area contributed by atoms with Crippen molar-refractivity contribution in [2.24, 2.45) is 0 Å². The van der Waals surface area contributed by atoms with E-state index < -0.39 is 0 Å². The fraction of sp³-hybridized carbons (Fsp3) is 0.182. The minimum atomic E-state index is 0.750. The Balaban J connectivity index is 1.54.